The molecule has 0 aliphatic rings. The van der Waals surface area contributed by atoms with Crippen molar-refractivity contribution in [2.75, 3.05) is 0 Å². The van der Waals surface area contributed by atoms with Crippen LogP contribution in [-0.4, -0.2) is 6.98 Å². The Balaban J connectivity index is 3.49. The van der Waals surface area contributed by atoms with Crippen LogP contribution >= 0.6 is 0 Å². The van der Waals surface area contributed by atoms with Crippen LogP contribution in [0.2, 0.25) is 0 Å². The minimum Gasteiger partial charge on any atom is -0.438 e. The maximum absolute atomic E-state index is 12.8. The molecule has 0 bridgehead atoms. The van der Waals surface area contributed by atoms with Crippen LogP contribution in [0.25, 0.3) is 0 Å². The molecule has 9 heteroatoms. The van der Waals surface area contributed by atoms with E-state index in [0.29, 0.717) is 5.82 Å². The van der Waals surface area contributed by atoms with Crippen molar-refractivity contribution >= 4 is 6.98 Å². The Morgan fingerprint density at radius 1 is 0.647 bits per heavy atom. The van der Waals surface area contributed by atoms with Gasteiger partial charge in [0.05, 0.1) is 5.56 Å². The van der Waals surface area contributed by atoms with Crippen molar-refractivity contribution in [1.82, 2.24) is 0 Å². The first-order chi connectivity index (χ1) is 7.65. The van der Waals surface area contributed by atoms with Gasteiger partial charge in [-0.2, -0.15) is 5.82 Å². The Bertz CT molecular complexity index is 492. The zero-order chi connectivity index (χ0) is 13.4. The highest BCUT2D eigenvalue weighted by Crippen LogP contribution is 2.22. The summed E-state index contributed by atoms with van der Waals surface area (Å²) in [5.74, 6) is -10.6. The minimum atomic E-state index is -5.72. The molecule has 0 unspecified atom stereocenters. The van der Waals surface area contributed by atoms with Crippen LogP contribution in [0.4, 0.5) is 34.9 Å². The summed E-state index contributed by atoms with van der Waals surface area (Å²) >= 11 is 0. The normalized spacial score (nSPS) is 11.1. The summed E-state index contributed by atoms with van der Waals surface area (Å²) in [6.07, 6.45) is 0. The third kappa shape index (κ3) is 2.69. The van der Waals surface area contributed by atoms with E-state index in [9.17, 15) is 34.9 Å². The maximum atomic E-state index is 12.8. The van der Waals surface area contributed by atoms with E-state index in [2.05, 4.69) is 0 Å². The van der Waals surface area contributed by atoms with E-state index in [1.165, 1.54) is 0 Å². The van der Waals surface area contributed by atoms with Crippen molar-refractivity contribution in [3.63, 3.8) is 0 Å². The highest BCUT2D eigenvalue weighted by molar-refractivity contribution is 6.67. The van der Waals surface area contributed by atoms with Gasteiger partial charge in [0.25, 0.3) is 0 Å². The van der Waals surface area contributed by atoms with E-state index in [1.807, 2.05) is 0 Å². The lowest BCUT2D eigenvalue weighted by molar-refractivity contribution is 0.376. The minimum absolute atomic E-state index is 0.470. The van der Waals surface area contributed by atoms with Crippen molar-refractivity contribution in [2.24, 2.45) is 0 Å². The van der Waals surface area contributed by atoms with Crippen molar-refractivity contribution in [2.45, 2.75) is 0 Å². The monoisotopic (exact) mass is 259 g/mol. The van der Waals surface area contributed by atoms with E-state index in [4.69, 9.17) is 0 Å². The molecule has 1 aromatic carbocycles. The largest absolute Gasteiger partial charge is 0.558 e. The Labute approximate surface area is 89.3 Å². The van der Waals surface area contributed by atoms with Gasteiger partial charge >= 0.3 is 6.98 Å². The average Bonchev–Trinajstić information content (AvgIpc) is 2.22. The number of hydrogen-bond acceptors (Lipinski definition) is 0. The first-order valence-electron chi connectivity index (χ1n) is 3.89. The van der Waals surface area contributed by atoms with E-state index in [-0.39, 0.29) is 0 Å². The van der Waals surface area contributed by atoms with Gasteiger partial charge in [-0.3, -0.25) is 0 Å². The standard InChI is InChI=1S/C8BF8/c10-4-3(1-2-9(15,16)17)5(11)7(13)8(14)6(4)12/q-1. The summed E-state index contributed by atoms with van der Waals surface area (Å²) in [5.41, 5.74) is -1.80. The van der Waals surface area contributed by atoms with Crippen molar-refractivity contribution in [3.8, 4) is 11.7 Å². The molecule has 0 saturated carbocycles. The molecule has 0 amide bonds. The fourth-order valence-corrected chi connectivity index (χ4v) is 0.869. The fraction of sp³-hybridized carbons (Fsp3) is 0. The molecule has 1 aromatic rings. The molecule has 0 aromatic heterocycles. The summed E-state index contributed by atoms with van der Waals surface area (Å²) in [6, 6.07) is 0. The van der Waals surface area contributed by atoms with Gasteiger partial charge in [-0.25, -0.2) is 22.0 Å². The van der Waals surface area contributed by atoms with Gasteiger partial charge in [-0.15, -0.1) is 0 Å². The maximum Gasteiger partial charge on any atom is 0.558 e. The molecular formula is C8BF8-. The quantitative estimate of drug-likeness (QED) is 0.221. The molecule has 0 spiro atoms. The summed E-state index contributed by atoms with van der Waals surface area (Å²) in [5, 5.41) is 0. The van der Waals surface area contributed by atoms with Crippen molar-refractivity contribution in [3.05, 3.63) is 34.6 Å². The first-order valence-corrected chi connectivity index (χ1v) is 3.89. The van der Waals surface area contributed by atoms with E-state index in [0.717, 1.165) is 5.92 Å². The zero-order valence-electron chi connectivity index (χ0n) is 7.60. The summed E-state index contributed by atoms with van der Waals surface area (Å²) < 4.78 is 98.1. The van der Waals surface area contributed by atoms with E-state index >= 15 is 0 Å². The molecule has 0 aliphatic carbocycles. The van der Waals surface area contributed by atoms with Crippen LogP contribution in [0.5, 0.6) is 0 Å². The van der Waals surface area contributed by atoms with Gasteiger partial charge in [-0.1, -0.05) is 5.92 Å². The van der Waals surface area contributed by atoms with Crippen LogP contribution < -0.4 is 0 Å². The lowest BCUT2D eigenvalue weighted by atomic mass is 9.93. The molecule has 0 aliphatic heterocycles. The number of benzene rings is 1. The Morgan fingerprint density at radius 2 is 1.00 bits per heavy atom. The Kier molecular flexibility index (Phi) is 3.36. The molecule has 0 nitrogen and oxygen atoms in total. The number of hydrogen-bond donors (Lipinski definition) is 0. The first kappa shape index (κ1) is 13.4. The van der Waals surface area contributed by atoms with E-state index in [1.54, 1.807) is 0 Å². The number of rotatable bonds is 0. The Hall–Kier alpha value is -1.72. The van der Waals surface area contributed by atoms with Crippen LogP contribution in [0, 0.1) is 40.8 Å². The third-order valence-electron chi connectivity index (χ3n) is 1.57. The average molecular weight is 259 g/mol. The molecular weight excluding hydrogens is 259 g/mol. The molecule has 1 rings (SSSR count). The summed E-state index contributed by atoms with van der Waals surface area (Å²) in [6.45, 7) is -5.72. The molecule has 0 saturated heterocycles. The van der Waals surface area contributed by atoms with Gasteiger partial charge in [-0.05, 0) is 0 Å². The lowest BCUT2D eigenvalue weighted by Crippen LogP contribution is -2.12. The van der Waals surface area contributed by atoms with E-state index < -0.39 is 41.6 Å². The zero-order valence-corrected chi connectivity index (χ0v) is 7.60. The smallest absolute Gasteiger partial charge is 0.438 e. The summed E-state index contributed by atoms with van der Waals surface area (Å²) in [7, 11) is 0. The fourth-order valence-electron chi connectivity index (χ4n) is 0.869. The highest BCUT2D eigenvalue weighted by Gasteiger charge is 2.25. The molecule has 92 valence electrons. The molecule has 0 radical (unpaired) electrons. The topological polar surface area (TPSA) is 0 Å². The molecule has 0 atom stereocenters. The Morgan fingerprint density at radius 3 is 1.35 bits per heavy atom. The van der Waals surface area contributed by atoms with Crippen LogP contribution in [0.15, 0.2) is 0 Å². The van der Waals surface area contributed by atoms with Gasteiger partial charge in [0, 0.05) is 0 Å². The second-order valence-corrected chi connectivity index (χ2v) is 2.79. The van der Waals surface area contributed by atoms with Crippen LogP contribution in [0.3, 0.4) is 0 Å². The van der Waals surface area contributed by atoms with Gasteiger partial charge in [0.2, 0.25) is 5.82 Å². The van der Waals surface area contributed by atoms with Gasteiger partial charge in [0.1, 0.15) is 0 Å². The third-order valence-corrected chi connectivity index (χ3v) is 1.57. The number of halogens is 8. The van der Waals surface area contributed by atoms with Crippen molar-refractivity contribution < 1.29 is 34.9 Å². The second-order valence-electron chi connectivity index (χ2n) is 2.79. The molecule has 0 heterocycles. The molecule has 0 fully saturated rings. The summed E-state index contributed by atoms with van der Waals surface area (Å²) in [4.78, 5) is 0. The highest BCUT2D eigenvalue weighted by atomic mass is 19.4. The predicted octanol–water partition coefficient (Wildman–Crippen LogP) is 3.12. The second kappa shape index (κ2) is 4.27. The van der Waals surface area contributed by atoms with Gasteiger partial charge in [0.15, 0.2) is 23.3 Å². The van der Waals surface area contributed by atoms with Crippen LogP contribution in [-0.2, 0) is 0 Å². The molecule has 17 heavy (non-hydrogen) atoms. The molecule has 0 N–H and O–H groups in total. The van der Waals surface area contributed by atoms with Crippen LogP contribution in [0.1, 0.15) is 5.56 Å². The lowest BCUT2D eigenvalue weighted by Gasteiger charge is -2.05. The van der Waals surface area contributed by atoms with Crippen molar-refractivity contribution in [1.29, 1.82) is 0 Å². The predicted molar refractivity (Wildman–Crippen MR) is 42.2 cm³/mol. The van der Waals surface area contributed by atoms with Gasteiger partial charge < -0.3 is 12.9 Å². The SMILES string of the molecule is Fc1c(F)c(F)c(C#C[B-](F)(F)F)c(F)c1F.